The number of aromatic nitrogens is 3. The molecule has 0 radical (unpaired) electrons. The second-order valence-electron chi connectivity index (χ2n) is 6.69. The van der Waals surface area contributed by atoms with Crippen LogP contribution < -0.4 is 15.6 Å². The van der Waals surface area contributed by atoms with E-state index in [2.05, 4.69) is 40.9 Å². The lowest BCUT2D eigenvalue weighted by Crippen LogP contribution is -2.26. The molecular formula is C21H23N5O. The van der Waals surface area contributed by atoms with Gasteiger partial charge in [0, 0.05) is 42.8 Å². The van der Waals surface area contributed by atoms with Crippen LogP contribution in [-0.4, -0.2) is 21.4 Å². The summed E-state index contributed by atoms with van der Waals surface area (Å²) in [5.41, 5.74) is 4.31. The molecular weight excluding hydrogens is 338 g/mol. The van der Waals surface area contributed by atoms with E-state index in [1.807, 2.05) is 55.3 Å². The lowest BCUT2D eigenvalue weighted by atomic mass is 10.1. The first-order valence-electron chi connectivity index (χ1n) is 8.85. The number of nitrogens with two attached hydrogens (primary N) is 1. The highest BCUT2D eigenvalue weighted by atomic mass is 16.5. The van der Waals surface area contributed by atoms with Gasteiger partial charge in [0.1, 0.15) is 12.4 Å². The van der Waals surface area contributed by atoms with Crippen LogP contribution in [0.1, 0.15) is 11.1 Å². The van der Waals surface area contributed by atoms with E-state index >= 15 is 0 Å². The van der Waals surface area contributed by atoms with Crippen LogP contribution in [0, 0.1) is 6.92 Å². The Hall–Kier alpha value is -3.25. The number of aryl methyl sites for hydroxylation is 2. The summed E-state index contributed by atoms with van der Waals surface area (Å²) in [6.07, 6.45) is 1.91. The minimum absolute atomic E-state index is 0.412. The topological polar surface area (TPSA) is 61.2 Å². The van der Waals surface area contributed by atoms with Crippen LogP contribution in [0.15, 0.2) is 60.8 Å². The Labute approximate surface area is 158 Å². The van der Waals surface area contributed by atoms with Gasteiger partial charge < -0.3 is 14.3 Å². The van der Waals surface area contributed by atoms with Gasteiger partial charge >= 0.3 is 0 Å². The van der Waals surface area contributed by atoms with Gasteiger partial charge in [-0.1, -0.05) is 30.3 Å². The molecule has 138 valence electrons. The molecule has 0 aliphatic rings. The molecule has 2 N–H and O–H groups in total. The fraction of sp³-hybridized carbons (Fsp3) is 0.190. The molecule has 0 amide bonds. The van der Waals surface area contributed by atoms with Gasteiger partial charge in [0.15, 0.2) is 0 Å². The van der Waals surface area contributed by atoms with Gasteiger partial charge in [-0.3, -0.25) is 0 Å². The molecule has 6 heteroatoms. The molecule has 6 nitrogen and oxygen atoms in total. The summed E-state index contributed by atoms with van der Waals surface area (Å²) in [7, 11) is 3.86. The van der Waals surface area contributed by atoms with Gasteiger partial charge in [-0.2, -0.15) is 0 Å². The number of hydrogen-bond donors (Lipinski definition) is 1. The lowest BCUT2D eigenvalue weighted by molar-refractivity contribution is 0.291. The number of hydrogen-bond acceptors (Lipinski definition) is 4. The first-order chi connectivity index (χ1) is 13.0. The Kier molecular flexibility index (Phi) is 4.33. The van der Waals surface area contributed by atoms with Gasteiger partial charge in [-0.25, -0.2) is 10.5 Å². The number of para-hydroxylation sites is 1. The average Bonchev–Trinajstić information content (AvgIpc) is 3.25. The van der Waals surface area contributed by atoms with Crippen molar-refractivity contribution in [3.8, 4) is 11.7 Å². The SMILES string of the molecule is Cc1cccc(N(C)N)c1COc1ccn(-c2cc3ccccc3n2C)n1. The standard InChI is InChI=1S/C21H23N5O/c1-15-7-6-10-19(25(3)22)17(15)14-27-20-11-12-26(23-20)21-13-16-8-4-5-9-18(16)24(21)2/h4-13H,14,22H2,1-3H3. The molecule has 0 aliphatic carbocycles. The Morgan fingerprint density at radius 1 is 1.11 bits per heavy atom. The minimum atomic E-state index is 0.412. The number of benzene rings is 2. The van der Waals surface area contributed by atoms with E-state index in [1.54, 1.807) is 5.01 Å². The van der Waals surface area contributed by atoms with Crippen LogP contribution in [0.3, 0.4) is 0 Å². The second-order valence-corrected chi connectivity index (χ2v) is 6.69. The third-order valence-corrected chi connectivity index (χ3v) is 4.86. The molecule has 0 saturated heterocycles. The van der Waals surface area contributed by atoms with E-state index in [4.69, 9.17) is 10.6 Å². The summed E-state index contributed by atoms with van der Waals surface area (Å²) in [6.45, 7) is 2.47. The van der Waals surface area contributed by atoms with Crippen molar-refractivity contribution in [3.63, 3.8) is 0 Å². The first kappa shape index (κ1) is 17.2. The molecule has 27 heavy (non-hydrogen) atoms. The Morgan fingerprint density at radius 3 is 2.70 bits per heavy atom. The van der Waals surface area contributed by atoms with Crippen molar-refractivity contribution in [1.82, 2.24) is 14.3 Å². The Balaban J connectivity index is 1.58. The maximum Gasteiger partial charge on any atom is 0.233 e. The molecule has 0 unspecified atom stereocenters. The molecule has 2 aromatic carbocycles. The Bertz CT molecular complexity index is 1090. The number of rotatable bonds is 5. The summed E-state index contributed by atoms with van der Waals surface area (Å²) in [5, 5.41) is 7.38. The van der Waals surface area contributed by atoms with Gasteiger partial charge in [0.25, 0.3) is 0 Å². The van der Waals surface area contributed by atoms with E-state index in [-0.39, 0.29) is 0 Å². The zero-order chi connectivity index (χ0) is 19.0. The highest BCUT2D eigenvalue weighted by molar-refractivity contribution is 5.83. The normalized spacial score (nSPS) is 11.1. The van der Waals surface area contributed by atoms with Crippen LogP contribution in [0.25, 0.3) is 16.7 Å². The van der Waals surface area contributed by atoms with Crippen LogP contribution in [-0.2, 0) is 13.7 Å². The summed E-state index contributed by atoms with van der Waals surface area (Å²) >= 11 is 0. The second kappa shape index (κ2) is 6.81. The van der Waals surface area contributed by atoms with Crippen molar-refractivity contribution >= 4 is 16.6 Å². The van der Waals surface area contributed by atoms with Gasteiger partial charge in [0.05, 0.1) is 5.69 Å². The molecule has 4 aromatic rings. The van der Waals surface area contributed by atoms with Gasteiger partial charge in [-0.05, 0) is 30.7 Å². The van der Waals surface area contributed by atoms with Crippen molar-refractivity contribution in [3.05, 3.63) is 71.9 Å². The van der Waals surface area contributed by atoms with Crippen LogP contribution >= 0.6 is 0 Å². The van der Waals surface area contributed by atoms with Crippen molar-refractivity contribution in [2.75, 3.05) is 12.1 Å². The van der Waals surface area contributed by atoms with E-state index in [9.17, 15) is 0 Å². The van der Waals surface area contributed by atoms with Crippen molar-refractivity contribution in [2.45, 2.75) is 13.5 Å². The third-order valence-electron chi connectivity index (χ3n) is 4.86. The van der Waals surface area contributed by atoms with Crippen molar-refractivity contribution in [1.29, 1.82) is 0 Å². The highest BCUT2D eigenvalue weighted by Crippen LogP contribution is 2.24. The smallest absolute Gasteiger partial charge is 0.233 e. The maximum absolute atomic E-state index is 5.96. The maximum atomic E-state index is 5.96. The van der Waals surface area contributed by atoms with Gasteiger partial charge in [-0.15, -0.1) is 5.10 Å². The average molecular weight is 361 g/mol. The molecule has 0 bridgehead atoms. The Morgan fingerprint density at radius 2 is 1.93 bits per heavy atom. The van der Waals surface area contributed by atoms with E-state index < -0.39 is 0 Å². The predicted octanol–water partition coefficient (Wildman–Crippen LogP) is 3.56. The molecule has 0 aliphatic heterocycles. The molecule has 0 spiro atoms. The molecule has 0 saturated carbocycles. The van der Waals surface area contributed by atoms with E-state index in [0.29, 0.717) is 12.5 Å². The monoisotopic (exact) mass is 361 g/mol. The zero-order valence-corrected chi connectivity index (χ0v) is 15.8. The largest absolute Gasteiger partial charge is 0.472 e. The highest BCUT2D eigenvalue weighted by Gasteiger charge is 2.12. The summed E-state index contributed by atoms with van der Waals surface area (Å²) < 4.78 is 9.91. The van der Waals surface area contributed by atoms with E-state index in [0.717, 1.165) is 22.6 Å². The van der Waals surface area contributed by atoms with Crippen molar-refractivity contribution < 1.29 is 4.74 Å². The molecule has 0 fully saturated rings. The fourth-order valence-corrected chi connectivity index (χ4v) is 3.36. The summed E-state index contributed by atoms with van der Waals surface area (Å²) in [4.78, 5) is 0. The summed E-state index contributed by atoms with van der Waals surface area (Å²) in [5.74, 6) is 7.51. The summed E-state index contributed by atoms with van der Waals surface area (Å²) in [6, 6.07) is 18.3. The number of nitrogens with zero attached hydrogens (tertiary/aromatic N) is 4. The van der Waals surface area contributed by atoms with Crippen LogP contribution in [0.5, 0.6) is 5.88 Å². The lowest BCUT2D eigenvalue weighted by Gasteiger charge is -2.18. The fourth-order valence-electron chi connectivity index (χ4n) is 3.36. The van der Waals surface area contributed by atoms with Crippen molar-refractivity contribution in [2.24, 2.45) is 12.9 Å². The third kappa shape index (κ3) is 3.15. The van der Waals surface area contributed by atoms with Gasteiger partial charge in [0.2, 0.25) is 5.88 Å². The number of ether oxygens (including phenoxy) is 1. The minimum Gasteiger partial charge on any atom is -0.472 e. The van der Waals surface area contributed by atoms with Crippen LogP contribution in [0.2, 0.25) is 0 Å². The quantitative estimate of drug-likeness (QED) is 0.436. The molecule has 2 aromatic heterocycles. The molecule has 2 heterocycles. The molecule has 4 rings (SSSR count). The molecule has 0 atom stereocenters. The van der Waals surface area contributed by atoms with E-state index in [1.165, 1.54) is 10.9 Å². The number of fused-ring (bicyclic) bond motifs is 1. The van der Waals surface area contributed by atoms with Crippen LogP contribution in [0.4, 0.5) is 5.69 Å². The number of hydrazine groups is 1. The predicted molar refractivity (Wildman–Crippen MR) is 108 cm³/mol. The zero-order valence-electron chi connectivity index (χ0n) is 15.8. The first-order valence-corrected chi connectivity index (χ1v) is 8.85. The number of anilines is 1.